The van der Waals surface area contributed by atoms with Gasteiger partial charge < -0.3 is 11.1 Å². The molecule has 1 unspecified atom stereocenters. The zero-order valence-electron chi connectivity index (χ0n) is 6.77. The van der Waals surface area contributed by atoms with E-state index in [1.54, 1.807) is 0 Å². The summed E-state index contributed by atoms with van der Waals surface area (Å²) in [5, 5.41) is 3.19. The molecule has 0 aliphatic carbocycles. The summed E-state index contributed by atoms with van der Waals surface area (Å²) in [7, 11) is 0. The Kier molecular flexibility index (Phi) is 6.55. The van der Waals surface area contributed by atoms with Gasteiger partial charge in [0.1, 0.15) is 0 Å². The van der Waals surface area contributed by atoms with Crippen molar-refractivity contribution in [2.45, 2.75) is 32.4 Å². The minimum Gasteiger partial charge on any atom is -0.316 e. The first-order valence-corrected chi connectivity index (χ1v) is 3.91. The van der Waals surface area contributed by atoms with Crippen LogP contribution in [0.2, 0.25) is 0 Å². The van der Waals surface area contributed by atoms with Crippen molar-refractivity contribution in [2.75, 3.05) is 6.54 Å². The van der Waals surface area contributed by atoms with E-state index < -0.39 is 0 Å². The van der Waals surface area contributed by atoms with Crippen molar-refractivity contribution in [2.24, 2.45) is 5.73 Å². The van der Waals surface area contributed by atoms with Crippen molar-refractivity contribution in [3.63, 3.8) is 0 Å². The van der Waals surface area contributed by atoms with E-state index in [9.17, 15) is 0 Å². The maximum Gasteiger partial charge on any atom is 0.0581 e. The summed E-state index contributed by atoms with van der Waals surface area (Å²) in [6, 6.07) is 0. The second kappa shape index (κ2) is 6.78. The van der Waals surface area contributed by atoms with E-state index >= 15 is 0 Å². The number of nitrogens with two attached hydrogens (primary N) is 1. The largest absolute Gasteiger partial charge is 0.316 e. The summed E-state index contributed by atoms with van der Waals surface area (Å²) >= 11 is 0. The van der Waals surface area contributed by atoms with Crippen LogP contribution < -0.4 is 11.1 Å². The Morgan fingerprint density at radius 3 is 2.90 bits per heavy atom. The Labute approximate surface area is 63.5 Å². The predicted molar refractivity (Wildman–Crippen MR) is 45.7 cm³/mol. The molecule has 0 spiro atoms. The molecule has 0 bridgehead atoms. The van der Waals surface area contributed by atoms with E-state index in [1.165, 1.54) is 12.8 Å². The van der Waals surface area contributed by atoms with E-state index in [-0.39, 0.29) is 6.17 Å². The number of hydrogen-bond acceptors (Lipinski definition) is 2. The molecule has 0 aromatic heterocycles. The van der Waals surface area contributed by atoms with Gasteiger partial charge in [0.25, 0.3) is 0 Å². The molecule has 0 heterocycles. The quantitative estimate of drug-likeness (QED) is 0.332. The second-order valence-corrected chi connectivity index (χ2v) is 2.44. The molecule has 0 saturated carbocycles. The SMILES string of the molecule is C=CCC(N)NCCCC. The molecule has 0 aliphatic rings. The second-order valence-electron chi connectivity index (χ2n) is 2.44. The molecule has 0 radical (unpaired) electrons. The molecule has 3 N–H and O–H groups in total. The van der Waals surface area contributed by atoms with Crippen LogP contribution in [0.5, 0.6) is 0 Å². The van der Waals surface area contributed by atoms with E-state index in [2.05, 4.69) is 18.8 Å². The standard InChI is InChI=1S/C8H18N2/c1-3-5-7-10-8(9)6-4-2/h4,8,10H,2-3,5-7,9H2,1H3. The molecule has 10 heavy (non-hydrogen) atoms. The van der Waals surface area contributed by atoms with Crippen LogP contribution in [0.4, 0.5) is 0 Å². The average molecular weight is 142 g/mol. The topological polar surface area (TPSA) is 38.0 Å². The summed E-state index contributed by atoms with van der Waals surface area (Å²) in [5.41, 5.74) is 5.64. The lowest BCUT2D eigenvalue weighted by Gasteiger charge is -2.09. The van der Waals surface area contributed by atoms with Crippen molar-refractivity contribution in [1.82, 2.24) is 5.32 Å². The van der Waals surface area contributed by atoms with E-state index in [1.807, 2.05) is 6.08 Å². The first kappa shape index (κ1) is 9.66. The zero-order valence-corrected chi connectivity index (χ0v) is 6.77. The minimum absolute atomic E-state index is 0.101. The average Bonchev–Trinajstić information content (AvgIpc) is 1.89. The first-order chi connectivity index (χ1) is 4.81. The summed E-state index contributed by atoms with van der Waals surface area (Å²) in [5.74, 6) is 0. The third kappa shape index (κ3) is 5.79. The molecule has 0 aromatic carbocycles. The van der Waals surface area contributed by atoms with Crippen LogP contribution in [0.3, 0.4) is 0 Å². The molecule has 1 atom stereocenters. The summed E-state index contributed by atoms with van der Waals surface area (Å²) in [6.45, 7) is 6.80. The van der Waals surface area contributed by atoms with Crippen molar-refractivity contribution in [3.05, 3.63) is 12.7 Å². The fourth-order valence-corrected chi connectivity index (χ4v) is 0.727. The highest BCUT2D eigenvalue weighted by Gasteiger charge is 1.94. The predicted octanol–water partition coefficient (Wildman–Crippen LogP) is 1.24. The van der Waals surface area contributed by atoms with Crippen LogP contribution in [0, 0.1) is 0 Å². The van der Waals surface area contributed by atoms with Gasteiger partial charge >= 0.3 is 0 Å². The lowest BCUT2D eigenvalue weighted by Crippen LogP contribution is -2.37. The molecule has 0 amide bonds. The Bertz CT molecular complexity index is 81.3. The fraction of sp³-hybridized carbons (Fsp3) is 0.750. The van der Waals surface area contributed by atoms with Gasteiger partial charge in [-0.25, -0.2) is 0 Å². The molecule has 0 fully saturated rings. The molecular weight excluding hydrogens is 124 g/mol. The lowest BCUT2D eigenvalue weighted by molar-refractivity contribution is 0.520. The van der Waals surface area contributed by atoms with Gasteiger partial charge in [0, 0.05) is 0 Å². The van der Waals surface area contributed by atoms with Crippen molar-refractivity contribution < 1.29 is 0 Å². The van der Waals surface area contributed by atoms with Gasteiger partial charge in [-0.1, -0.05) is 19.4 Å². The molecule has 0 rings (SSSR count). The first-order valence-electron chi connectivity index (χ1n) is 3.91. The zero-order chi connectivity index (χ0) is 7.82. The number of rotatable bonds is 6. The van der Waals surface area contributed by atoms with Gasteiger partial charge in [0.15, 0.2) is 0 Å². The Morgan fingerprint density at radius 2 is 2.40 bits per heavy atom. The normalized spacial score (nSPS) is 13.0. The van der Waals surface area contributed by atoms with Gasteiger partial charge in [-0.2, -0.15) is 0 Å². The molecule has 0 saturated heterocycles. The van der Waals surface area contributed by atoms with Crippen molar-refractivity contribution >= 4 is 0 Å². The van der Waals surface area contributed by atoms with Crippen LogP contribution in [0.1, 0.15) is 26.2 Å². The Balaban J connectivity index is 3.04. The van der Waals surface area contributed by atoms with Gasteiger partial charge in [0.2, 0.25) is 0 Å². The lowest BCUT2D eigenvalue weighted by atomic mass is 10.3. The monoisotopic (exact) mass is 142 g/mol. The molecule has 2 heteroatoms. The summed E-state index contributed by atoms with van der Waals surface area (Å²) < 4.78 is 0. The van der Waals surface area contributed by atoms with E-state index in [0.29, 0.717) is 0 Å². The minimum atomic E-state index is 0.101. The molecule has 0 aromatic rings. The number of hydrogen-bond donors (Lipinski definition) is 2. The van der Waals surface area contributed by atoms with Gasteiger partial charge in [-0.3, -0.25) is 0 Å². The third-order valence-electron chi connectivity index (χ3n) is 1.36. The van der Waals surface area contributed by atoms with Crippen molar-refractivity contribution in [3.8, 4) is 0 Å². The van der Waals surface area contributed by atoms with Crippen LogP contribution in [-0.2, 0) is 0 Å². The Hall–Kier alpha value is -0.340. The van der Waals surface area contributed by atoms with Gasteiger partial charge in [0.05, 0.1) is 6.17 Å². The maximum absolute atomic E-state index is 5.64. The fourth-order valence-electron chi connectivity index (χ4n) is 0.727. The summed E-state index contributed by atoms with van der Waals surface area (Å²) in [6.07, 6.45) is 5.20. The molecule has 0 aliphatic heterocycles. The number of unbranched alkanes of at least 4 members (excludes halogenated alkanes) is 1. The van der Waals surface area contributed by atoms with Crippen molar-refractivity contribution in [1.29, 1.82) is 0 Å². The highest BCUT2D eigenvalue weighted by Crippen LogP contribution is 1.86. The maximum atomic E-state index is 5.64. The van der Waals surface area contributed by atoms with Crippen LogP contribution >= 0.6 is 0 Å². The van der Waals surface area contributed by atoms with E-state index in [0.717, 1.165) is 13.0 Å². The third-order valence-corrected chi connectivity index (χ3v) is 1.36. The number of nitrogens with one attached hydrogen (secondary N) is 1. The summed E-state index contributed by atoms with van der Waals surface area (Å²) in [4.78, 5) is 0. The van der Waals surface area contributed by atoms with Gasteiger partial charge in [-0.15, -0.1) is 6.58 Å². The van der Waals surface area contributed by atoms with Crippen LogP contribution in [0.25, 0.3) is 0 Å². The van der Waals surface area contributed by atoms with Crippen LogP contribution in [-0.4, -0.2) is 12.7 Å². The molecular formula is C8H18N2. The van der Waals surface area contributed by atoms with Crippen LogP contribution in [0.15, 0.2) is 12.7 Å². The Morgan fingerprint density at radius 1 is 1.70 bits per heavy atom. The molecule has 2 nitrogen and oxygen atoms in total. The van der Waals surface area contributed by atoms with Gasteiger partial charge in [-0.05, 0) is 19.4 Å². The smallest absolute Gasteiger partial charge is 0.0581 e. The highest BCUT2D eigenvalue weighted by molar-refractivity contribution is 4.73. The highest BCUT2D eigenvalue weighted by atomic mass is 15.0. The molecule has 60 valence electrons. The van der Waals surface area contributed by atoms with E-state index in [4.69, 9.17) is 5.73 Å².